The number of nitrogens with one attached hydrogen (secondary N) is 1. The second-order valence-corrected chi connectivity index (χ2v) is 95.8. The van der Waals surface area contributed by atoms with Gasteiger partial charge in [0.05, 0.1) is 32.1 Å². The number of carbonyl (C=O) groups excluding carboxylic acids is 5. The third kappa shape index (κ3) is 80.1. The van der Waals surface area contributed by atoms with E-state index in [1.165, 1.54) is 38.7 Å². The summed E-state index contributed by atoms with van der Waals surface area (Å²) in [4.78, 5) is 79.7. The molecule has 582 valence electrons. The predicted molar refractivity (Wildman–Crippen MR) is 422 cm³/mol. The van der Waals surface area contributed by atoms with Crippen molar-refractivity contribution in [3.8, 4) is 0 Å². The SMILES string of the molecule is C=C1CCN(C(=O)CCC(F)(F)F)CC1.C=C1CCN(C(=O)CCC(F)(F)F)CC1.C=C1CCN(C(=O)OC(C)(C)C)CC1.C=C1CCNCC1.CI.Cl.O=C(CCC(F)(F)F)N1CCC2(CC1)CC(Br)=NO2.O=C(O)CCC(F)(F)F.O=CO[O-].ON=C(Br)Br.[I][V]([I])[I].[I][V]([I])[I].[Na+]. The van der Waals surface area contributed by atoms with Crippen LogP contribution in [0.2, 0.25) is 0 Å². The smallest absolute Gasteiger partial charge is 1.00 e. The first-order valence-electron chi connectivity index (χ1n) is 28.7. The number of likely N-dealkylation sites (tertiary alicyclic amines) is 4. The number of amides is 4. The molecule has 0 saturated carbocycles. The van der Waals surface area contributed by atoms with Gasteiger partial charge in [-0.05, 0) is 138 Å². The Morgan fingerprint density at radius 3 is 1.07 bits per heavy atom. The number of hydrogen-bond acceptors (Lipinski definition) is 14. The van der Waals surface area contributed by atoms with Gasteiger partial charge in [0.25, 0.3) is 6.47 Å². The van der Waals surface area contributed by atoms with E-state index in [4.69, 9.17) is 29.9 Å². The molecule has 0 unspecified atom stereocenters. The minimum Gasteiger partial charge on any atom is 1.00 e. The van der Waals surface area contributed by atoms with E-state index < -0.39 is 105 Å². The maximum atomic E-state index is 12.1. The molecule has 3 N–H and O–H groups in total. The zero-order chi connectivity index (χ0) is 77.3. The molecule has 6 aliphatic rings. The Morgan fingerprint density at radius 1 is 0.610 bits per heavy atom. The van der Waals surface area contributed by atoms with Gasteiger partial charge in [-0.2, -0.15) is 52.7 Å². The summed E-state index contributed by atoms with van der Waals surface area (Å²) in [6.07, 6.45) is -15.0. The Hall–Kier alpha value is 2.61. The van der Waals surface area contributed by atoms with Gasteiger partial charge in [0, 0.05) is 90.9 Å². The Morgan fingerprint density at radius 2 is 0.870 bits per heavy atom. The van der Waals surface area contributed by atoms with E-state index in [2.05, 4.69) is 237 Å². The first kappa shape index (κ1) is 116. The second kappa shape index (κ2) is 65.2. The van der Waals surface area contributed by atoms with Crippen molar-refractivity contribution in [1.29, 1.82) is 0 Å². The van der Waals surface area contributed by atoms with Gasteiger partial charge in [-0.3, -0.25) is 24.0 Å². The van der Waals surface area contributed by atoms with Crippen LogP contribution in [0.5, 0.6) is 0 Å². The molecular formula is C55H83Br3ClF12I7N7NaO12V2. The molecule has 6 heterocycles. The van der Waals surface area contributed by atoms with E-state index in [9.17, 15) is 76.7 Å². The largest absolute Gasteiger partial charge is 1.00 e. The quantitative estimate of drug-likeness (QED) is 0.0186. The van der Waals surface area contributed by atoms with Gasteiger partial charge in [0.1, 0.15) is 15.8 Å². The maximum Gasteiger partial charge on any atom is 1.00 e. The zero-order valence-corrected chi connectivity index (χ0v) is 80.7. The number of rotatable bonds is 9. The number of halogens is 23. The van der Waals surface area contributed by atoms with Crippen LogP contribution < -0.4 is 40.1 Å². The molecule has 5 saturated heterocycles. The Bertz CT molecular complexity index is 2340. The fraction of sp³-hybridized carbons (Fsp3) is 0.709. The van der Waals surface area contributed by atoms with Crippen molar-refractivity contribution in [3.63, 3.8) is 0 Å². The van der Waals surface area contributed by atoms with Crippen LogP contribution >= 0.6 is 203 Å². The van der Waals surface area contributed by atoms with Gasteiger partial charge in [-0.25, -0.2) is 4.79 Å². The van der Waals surface area contributed by atoms with Gasteiger partial charge in [-0.15, -0.1) is 12.4 Å². The second-order valence-electron chi connectivity index (χ2n) is 21.5. The normalized spacial score (nSPS) is 16.1. The van der Waals surface area contributed by atoms with Crippen LogP contribution in [0, 0.1) is 0 Å². The summed E-state index contributed by atoms with van der Waals surface area (Å²) in [6, 6.07) is 0. The zero-order valence-electron chi connectivity index (χ0n) is 55.2. The molecule has 1 spiro atoms. The van der Waals surface area contributed by atoms with Crippen molar-refractivity contribution in [3.05, 3.63) is 48.6 Å². The summed E-state index contributed by atoms with van der Waals surface area (Å²) in [5.74, 6) is -2.67. The van der Waals surface area contributed by atoms with Gasteiger partial charge in [0.15, 0.2) is 3.53 Å². The first-order valence-corrected chi connectivity index (χ1v) is 60.2. The Labute approximate surface area is 720 Å². The fourth-order valence-electron chi connectivity index (χ4n) is 7.63. The van der Waals surface area contributed by atoms with Crippen molar-refractivity contribution < 1.29 is 151 Å². The molecule has 0 radical (unpaired) electrons. The fourth-order valence-corrected chi connectivity index (χ4v) is 8.22. The van der Waals surface area contributed by atoms with E-state index in [0.29, 0.717) is 87.7 Å². The minimum absolute atomic E-state index is 0. The maximum absolute atomic E-state index is 12.1. The molecule has 5 fully saturated rings. The summed E-state index contributed by atoms with van der Waals surface area (Å²) < 4.78 is 147. The van der Waals surface area contributed by atoms with Crippen LogP contribution in [0.3, 0.4) is 0 Å². The van der Waals surface area contributed by atoms with Crippen molar-refractivity contribution in [2.45, 2.75) is 179 Å². The predicted octanol–water partition coefficient (Wildman–Crippen LogP) is 16.5. The molecule has 0 aromatic heterocycles. The molecule has 45 heteroatoms. The van der Waals surface area contributed by atoms with Gasteiger partial charge >= 0.3 is 196 Å². The number of carbonyl (C=O) groups is 6. The molecule has 6 rings (SSSR count). The summed E-state index contributed by atoms with van der Waals surface area (Å²) in [5, 5.41) is 33.6. The summed E-state index contributed by atoms with van der Waals surface area (Å²) in [7, 11) is 0. The molecule has 100 heavy (non-hydrogen) atoms. The van der Waals surface area contributed by atoms with Crippen LogP contribution in [-0.2, 0) is 48.3 Å². The number of piperidine rings is 5. The number of carboxylic acid groups (broad SMARTS) is 1. The van der Waals surface area contributed by atoms with Crippen molar-refractivity contribution >= 4 is 247 Å². The van der Waals surface area contributed by atoms with E-state index in [1.807, 2.05) is 25.7 Å². The number of hydrogen-bond donors (Lipinski definition) is 3. The molecular weight excluding hydrogens is 2470 g/mol. The third-order valence-corrected chi connectivity index (χ3v) is 13.3. The number of alkyl halides is 13. The van der Waals surface area contributed by atoms with Gasteiger partial charge in [0.2, 0.25) is 17.7 Å². The van der Waals surface area contributed by atoms with Crippen LogP contribution in [0.4, 0.5) is 57.5 Å². The third-order valence-electron chi connectivity index (χ3n) is 12.5. The van der Waals surface area contributed by atoms with E-state index in [0.717, 1.165) is 54.8 Å². The number of carboxylic acids is 1. The van der Waals surface area contributed by atoms with Crippen molar-refractivity contribution in [1.82, 2.24) is 24.9 Å². The minimum atomic E-state index is -4.35. The molecule has 0 aliphatic carbocycles. The molecule has 0 aromatic rings. The average molecular weight is 2550 g/mol. The molecule has 0 bridgehead atoms. The van der Waals surface area contributed by atoms with Crippen LogP contribution in [0.25, 0.3) is 0 Å². The number of aliphatic carboxylic acids is 1. The molecule has 19 nitrogen and oxygen atoms in total. The number of oxime groups is 2. The van der Waals surface area contributed by atoms with E-state index in [-0.39, 0.29) is 70.0 Å². The van der Waals surface area contributed by atoms with Crippen molar-refractivity contribution in [2.75, 3.05) is 70.4 Å². The van der Waals surface area contributed by atoms with E-state index >= 15 is 0 Å². The number of nitrogens with zero attached hydrogens (tertiary/aromatic N) is 6. The van der Waals surface area contributed by atoms with Gasteiger partial charge in [-0.1, -0.05) is 81.5 Å². The van der Waals surface area contributed by atoms with E-state index in [1.54, 1.807) is 4.90 Å². The average Bonchev–Trinajstić information content (AvgIpc) is 1.64. The number of ether oxygens (including phenoxy) is 1. The van der Waals surface area contributed by atoms with Crippen LogP contribution in [-0.4, -0.2) is 181 Å². The van der Waals surface area contributed by atoms with Gasteiger partial charge < -0.3 is 54.9 Å². The molecule has 0 atom stereocenters. The van der Waals surface area contributed by atoms with Crippen molar-refractivity contribution in [2.24, 2.45) is 10.3 Å². The molecule has 0 aromatic carbocycles. The summed E-state index contributed by atoms with van der Waals surface area (Å²) in [6.45, 7) is 27.4. The summed E-state index contributed by atoms with van der Waals surface area (Å²) in [5.41, 5.74) is 3.99. The molecule has 4 amide bonds. The molecule has 6 aliphatic heterocycles. The topological polar surface area (TPSA) is 243 Å². The monoisotopic (exact) mass is 2550 g/mol. The Kier molecular flexibility index (Phi) is 75.5. The summed E-state index contributed by atoms with van der Waals surface area (Å²) >= 11 is 25.8. The van der Waals surface area contributed by atoms with Crippen LogP contribution in [0.15, 0.2) is 58.9 Å². The standard InChI is InChI=1S/C11H14BrF3N2O2.C11H19NO2.2C10H14F3NO.C6H11N.C4H5F3O2.CHBr2NO.CH3I.CH2O3.ClH.6HI.Na.2V/c12-8-7-10(19-16-8)3-5-17(6-4-10)9(18)1-2-11(13,14)15;1-9-5-7-12(8-6-9)10(13)14-11(2,3)4;2*1-8-3-6-14(7-4-8)9(15)2-5-10(11,12)13;1-6-2-4-7-5-3-6;5-4(6,7)2-1-3(8)9;2-1(3)4-5;1-2;2-1-4-3;;;;;;;;;;/h1-7H2;1,5-8H2,2-4H3;2*1-7H2;7H,1-5H2;1-2H2,(H,8,9);5H;1H3;1,3H;7*1H;;;/q;;;;;;;;;;;;;;;;+1;2*+3/p-7. The van der Waals surface area contributed by atoms with Crippen LogP contribution in [0.1, 0.15) is 143 Å². The first-order chi connectivity index (χ1) is 44.9. The Balaban J connectivity index is -0.000000199.